The molecular weight excluding hydrogens is 314 g/mol. The average molecular weight is 339 g/mol. The van der Waals surface area contributed by atoms with Gasteiger partial charge in [-0.25, -0.2) is 9.97 Å². The van der Waals surface area contributed by atoms with E-state index in [0.717, 1.165) is 62.2 Å². The number of pyridine rings is 1. The molecule has 2 aromatic rings. The van der Waals surface area contributed by atoms with Gasteiger partial charge in [-0.2, -0.15) is 0 Å². The van der Waals surface area contributed by atoms with Crippen molar-refractivity contribution in [3.8, 4) is 0 Å². The molecule has 4 rings (SSSR count). The highest BCUT2D eigenvalue weighted by Gasteiger charge is 2.29. The van der Waals surface area contributed by atoms with Crippen LogP contribution >= 0.6 is 0 Å². The Balaban J connectivity index is 1.46. The number of nitrogens with one attached hydrogen (secondary N) is 1. The lowest BCUT2D eigenvalue weighted by molar-refractivity contribution is 0.121. The van der Waals surface area contributed by atoms with Crippen LogP contribution in [0.25, 0.3) is 0 Å². The second-order valence-electron chi connectivity index (χ2n) is 6.91. The van der Waals surface area contributed by atoms with Crippen molar-refractivity contribution in [2.75, 3.05) is 31.6 Å². The predicted octanol–water partition coefficient (Wildman–Crippen LogP) is 2.89. The molecule has 4 heterocycles. The van der Waals surface area contributed by atoms with Crippen molar-refractivity contribution in [1.82, 2.24) is 19.9 Å². The summed E-state index contributed by atoms with van der Waals surface area (Å²) in [6.45, 7) is 6.01. The molecule has 2 aliphatic heterocycles. The van der Waals surface area contributed by atoms with Crippen molar-refractivity contribution >= 4 is 11.6 Å². The smallest absolute Gasteiger partial charge is 0.153 e. The summed E-state index contributed by atoms with van der Waals surface area (Å²) < 4.78 is 5.54. The Morgan fingerprint density at radius 2 is 1.96 bits per heavy atom. The lowest BCUT2D eigenvalue weighted by atomic mass is 9.92. The maximum absolute atomic E-state index is 5.54. The van der Waals surface area contributed by atoms with Gasteiger partial charge in [-0.1, -0.05) is 6.07 Å². The maximum atomic E-state index is 5.54. The lowest BCUT2D eigenvalue weighted by Gasteiger charge is -2.35. The van der Waals surface area contributed by atoms with Gasteiger partial charge in [0.1, 0.15) is 5.82 Å². The molecule has 0 saturated carbocycles. The van der Waals surface area contributed by atoms with E-state index < -0.39 is 0 Å². The van der Waals surface area contributed by atoms with E-state index in [1.807, 2.05) is 25.1 Å². The number of hydrogen-bond acceptors (Lipinski definition) is 6. The van der Waals surface area contributed by atoms with Gasteiger partial charge in [-0.3, -0.25) is 9.88 Å². The number of nitrogens with zero attached hydrogens (tertiary/aromatic N) is 4. The summed E-state index contributed by atoms with van der Waals surface area (Å²) >= 11 is 0. The number of aromatic nitrogens is 3. The second-order valence-corrected chi connectivity index (χ2v) is 6.91. The van der Waals surface area contributed by atoms with Crippen molar-refractivity contribution in [2.24, 2.45) is 0 Å². The fourth-order valence-electron chi connectivity index (χ4n) is 3.83. The van der Waals surface area contributed by atoms with Gasteiger partial charge in [0.25, 0.3) is 0 Å². The zero-order valence-electron chi connectivity index (χ0n) is 14.7. The van der Waals surface area contributed by atoms with E-state index in [1.54, 1.807) is 12.4 Å². The molecule has 0 amide bonds. The molecule has 0 aromatic carbocycles. The third-order valence-electron chi connectivity index (χ3n) is 5.20. The molecule has 0 bridgehead atoms. The molecule has 2 aromatic heterocycles. The third kappa shape index (κ3) is 3.80. The number of piperidine rings is 1. The molecule has 1 N–H and O–H groups in total. The standard InChI is InChI=1S/C19H25N5O/c1-14-3-2-4-17(22-14)23-19-18(20-8-9-21-19)15-5-10-24(11-6-15)16-7-12-25-13-16/h2-4,8-9,15-16H,5-7,10-13H2,1H3,(H,21,22,23). The fraction of sp³-hybridized carbons (Fsp3) is 0.526. The summed E-state index contributed by atoms with van der Waals surface area (Å²) in [5, 5.41) is 3.36. The Morgan fingerprint density at radius 3 is 2.72 bits per heavy atom. The molecule has 2 aliphatic rings. The molecule has 1 atom stereocenters. The van der Waals surface area contributed by atoms with Gasteiger partial charge < -0.3 is 10.1 Å². The van der Waals surface area contributed by atoms with E-state index in [0.29, 0.717) is 12.0 Å². The van der Waals surface area contributed by atoms with Crippen molar-refractivity contribution in [2.45, 2.75) is 38.1 Å². The second kappa shape index (κ2) is 7.45. The van der Waals surface area contributed by atoms with Gasteiger partial charge in [0.15, 0.2) is 5.82 Å². The van der Waals surface area contributed by atoms with Crippen LogP contribution in [0.4, 0.5) is 11.6 Å². The number of rotatable bonds is 4. The Labute approximate surface area is 148 Å². The molecular formula is C19H25N5O. The summed E-state index contributed by atoms with van der Waals surface area (Å²) in [5.74, 6) is 2.10. The molecule has 0 spiro atoms. The third-order valence-corrected chi connectivity index (χ3v) is 5.20. The van der Waals surface area contributed by atoms with Gasteiger partial charge in [0.05, 0.1) is 12.3 Å². The first-order valence-electron chi connectivity index (χ1n) is 9.13. The quantitative estimate of drug-likeness (QED) is 0.924. The molecule has 6 heteroatoms. The Bertz CT molecular complexity index is 708. The summed E-state index contributed by atoms with van der Waals surface area (Å²) in [4.78, 5) is 16.3. The van der Waals surface area contributed by atoms with Crippen LogP contribution in [0.1, 0.15) is 36.6 Å². The summed E-state index contributed by atoms with van der Waals surface area (Å²) in [7, 11) is 0. The number of likely N-dealkylation sites (tertiary alicyclic amines) is 1. The van der Waals surface area contributed by atoms with Gasteiger partial charge in [0, 0.05) is 36.7 Å². The molecule has 0 radical (unpaired) electrons. The lowest BCUT2D eigenvalue weighted by Crippen LogP contribution is -2.41. The zero-order chi connectivity index (χ0) is 17.1. The van der Waals surface area contributed by atoms with Gasteiger partial charge in [-0.05, 0) is 51.4 Å². The van der Waals surface area contributed by atoms with Crippen molar-refractivity contribution < 1.29 is 4.74 Å². The van der Waals surface area contributed by atoms with Crippen molar-refractivity contribution in [3.05, 3.63) is 42.0 Å². The highest BCUT2D eigenvalue weighted by Crippen LogP contribution is 2.32. The van der Waals surface area contributed by atoms with E-state index in [4.69, 9.17) is 4.74 Å². The van der Waals surface area contributed by atoms with E-state index in [9.17, 15) is 0 Å². The van der Waals surface area contributed by atoms with E-state index in [1.165, 1.54) is 6.42 Å². The number of anilines is 2. The van der Waals surface area contributed by atoms with Crippen LogP contribution in [0, 0.1) is 6.92 Å². The molecule has 1 unspecified atom stereocenters. The maximum Gasteiger partial charge on any atom is 0.153 e. The minimum absolute atomic E-state index is 0.444. The van der Waals surface area contributed by atoms with Crippen molar-refractivity contribution in [1.29, 1.82) is 0 Å². The minimum Gasteiger partial charge on any atom is -0.380 e. The highest BCUT2D eigenvalue weighted by molar-refractivity contribution is 5.54. The number of aryl methyl sites for hydroxylation is 1. The normalized spacial score (nSPS) is 22.2. The largest absolute Gasteiger partial charge is 0.380 e. The van der Waals surface area contributed by atoms with Gasteiger partial charge in [-0.15, -0.1) is 0 Å². The Hall–Kier alpha value is -2.05. The molecule has 0 aliphatic carbocycles. The molecule has 132 valence electrons. The molecule has 6 nitrogen and oxygen atoms in total. The van der Waals surface area contributed by atoms with Gasteiger partial charge >= 0.3 is 0 Å². The predicted molar refractivity (Wildman–Crippen MR) is 97.1 cm³/mol. The van der Waals surface area contributed by atoms with Crippen LogP contribution in [0.5, 0.6) is 0 Å². The summed E-state index contributed by atoms with van der Waals surface area (Å²) in [6.07, 6.45) is 6.94. The Morgan fingerprint density at radius 1 is 1.12 bits per heavy atom. The first-order valence-corrected chi connectivity index (χ1v) is 9.13. The van der Waals surface area contributed by atoms with E-state index >= 15 is 0 Å². The van der Waals surface area contributed by atoms with Crippen LogP contribution < -0.4 is 5.32 Å². The van der Waals surface area contributed by atoms with Crippen LogP contribution in [0.2, 0.25) is 0 Å². The fourth-order valence-corrected chi connectivity index (χ4v) is 3.83. The van der Waals surface area contributed by atoms with Crippen LogP contribution in [0.15, 0.2) is 30.6 Å². The van der Waals surface area contributed by atoms with E-state index in [2.05, 4.69) is 25.2 Å². The monoisotopic (exact) mass is 339 g/mol. The minimum atomic E-state index is 0.444. The zero-order valence-corrected chi connectivity index (χ0v) is 14.7. The van der Waals surface area contributed by atoms with E-state index in [-0.39, 0.29) is 0 Å². The summed E-state index contributed by atoms with van der Waals surface area (Å²) in [5.41, 5.74) is 2.05. The van der Waals surface area contributed by atoms with Gasteiger partial charge in [0.2, 0.25) is 0 Å². The average Bonchev–Trinajstić information content (AvgIpc) is 3.17. The Kier molecular flexibility index (Phi) is 4.90. The van der Waals surface area contributed by atoms with Crippen LogP contribution in [-0.4, -0.2) is 52.2 Å². The SMILES string of the molecule is Cc1cccc(Nc2nccnc2C2CCN(C3CCOC3)CC2)n1. The molecule has 2 saturated heterocycles. The molecule has 25 heavy (non-hydrogen) atoms. The topological polar surface area (TPSA) is 63.2 Å². The van der Waals surface area contributed by atoms with Crippen molar-refractivity contribution in [3.63, 3.8) is 0 Å². The molecule has 2 fully saturated rings. The number of ether oxygens (including phenoxy) is 1. The first kappa shape index (κ1) is 16.4. The van der Waals surface area contributed by atoms with Crippen LogP contribution in [-0.2, 0) is 4.74 Å². The summed E-state index contributed by atoms with van der Waals surface area (Å²) in [6, 6.07) is 6.57. The van der Waals surface area contributed by atoms with Crippen LogP contribution in [0.3, 0.4) is 0 Å². The number of hydrogen-bond donors (Lipinski definition) is 1. The highest BCUT2D eigenvalue weighted by atomic mass is 16.5. The first-order chi connectivity index (χ1) is 12.3.